The SMILES string of the molecule is Cc1cc2c(cc1C)OC(C(=O)N(C)CC1CCCC1O)C2. The number of fused-ring (bicyclic) bond motifs is 1. The van der Waals surface area contributed by atoms with Crippen molar-refractivity contribution < 1.29 is 14.6 Å². The Morgan fingerprint density at radius 2 is 2.05 bits per heavy atom. The van der Waals surface area contributed by atoms with Crippen LogP contribution in [0, 0.1) is 19.8 Å². The first-order valence-corrected chi connectivity index (χ1v) is 8.15. The van der Waals surface area contributed by atoms with Gasteiger partial charge in [0.05, 0.1) is 6.10 Å². The number of aliphatic hydroxyl groups excluding tert-OH is 1. The fourth-order valence-corrected chi connectivity index (χ4v) is 3.57. The molecule has 1 aromatic carbocycles. The minimum atomic E-state index is -0.417. The largest absolute Gasteiger partial charge is 0.480 e. The third-order valence-corrected chi connectivity index (χ3v) is 5.13. The first-order valence-electron chi connectivity index (χ1n) is 8.15. The molecule has 2 aliphatic rings. The van der Waals surface area contributed by atoms with Gasteiger partial charge in [-0.25, -0.2) is 0 Å². The van der Waals surface area contributed by atoms with E-state index in [1.165, 1.54) is 11.1 Å². The average molecular weight is 303 g/mol. The molecule has 3 rings (SSSR count). The molecular weight excluding hydrogens is 278 g/mol. The van der Waals surface area contributed by atoms with Gasteiger partial charge in [0.2, 0.25) is 0 Å². The van der Waals surface area contributed by atoms with E-state index < -0.39 is 6.10 Å². The second-order valence-electron chi connectivity index (χ2n) is 6.83. The molecule has 0 radical (unpaired) electrons. The van der Waals surface area contributed by atoms with Crippen LogP contribution < -0.4 is 4.74 Å². The van der Waals surface area contributed by atoms with Gasteiger partial charge in [-0.2, -0.15) is 0 Å². The number of aryl methyl sites for hydroxylation is 2. The molecule has 3 unspecified atom stereocenters. The van der Waals surface area contributed by atoms with Gasteiger partial charge in [0, 0.05) is 25.9 Å². The Morgan fingerprint density at radius 1 is 1.32 bits per heavy atom. The summed E-state index contributed by atoms with van der Waals surface area (Å²) in [7, 11) is 1.82. The van der Waals surface area contributed by atoms with Crippen molar-refractivity contribution in [2.24, 2.45) is 5.92 Å². The zero-order valence-electron chi connectivity index (χ0n) is 13.6. The molecule has 0 saturated heterocycles. The molecule has 4 nitrogen and oxygen atoms in total. The van der Waals surface area contributed by atoms with Crippen LogP contribution in [0.25, 0.3) is 0 Å². The third kappa shape index (κ3) is 2.84. The zero-order chi connectivity index (χ0) is 15.9. The molecule has 3 atom stereocenters. The quantitative estimate of drug-likeness (QED) is 0.931. The second kappa shape index (κ2) is 5.92. The van der Waals surface area contributed by atoms with E-state index in [9.17, 15) is 9.90 Å². The van der Waals surface area contributed by atoms with Crippen molar-refractivity contribution in [1.82, 2.24) is 4.90 Å². The summed E-state index contributed by atoms with van der Waals surface area (Å²) in [5.41, 5.74) is 3.54. The Bertz CT molecular complexity index is 553. The van der Waals surface area contributed by atoms with Crippen molar-refractivity contribution >= 4 is 5.91 Å². The molecule has 1 aliphatic carbocycles. The van der Waals surface area contributed by atoms with Gasteiger partial charge in [-0.15, -0.1) is 0 Å². The Kier molecular flexibility index (Phi) is 4.13. The lowest BCUT2D eigenvalue weighted by molar-refractivity contribution is -0.137. The lowest BCUT2D eigenvalue weighted by atomic mass is 10.0. The van der Waals surface area contributed by atoms with E-state index in [4.69, 9.17) is 4.74 Å². The first-order chi connectivity index (χ1) is 10.5. The summed E-state index contributed by atoms with van der Waals surface area (Å²) in [5, 5.41) is 9.92. The molecule has 1 aromatic rings. The highest BCUT2D eigenvalue weighted by Crippen LogP contribution is 2.32. The van der Waals surface area contributed by atoms with Gasteiger partial charge >= 0.3 is 0 Å². The molecule has 1 aliphatic heterocycles. The maximum atomic E-state index is 12.6. The van der Waals surface area contributed by atoms with Crippen LogP contribution in [0.2, 0.25) is 0 Å². The summed E-state index contributed by atoms with van der Waals surface area (Å²) >= 11 is 0. The number of amides is 1. The van der Waals surface area contributed by atoms with Crippen LogP contribution >= 0.6 is 0 Å². The number of benzene rings is 1. The van der Waals surface area contributed by atoms with Gasteiger partial charge < -0.3 is 14.7 Å². The third-order valence-electron chi connectivity index (χ3n) is 5.13. The van der Waals surface area contributed by atoms with Gasteiger partial charge in [0.25, 0.3) is 5.91 Å². The molecule has 1 fully saturated rings. The van der Waals surface area contributed by atoms with Crippen LogP contribution in [-0.2, 0) is 11.2 Å². The highest BCUT2D eigenvalue weighted by molar-refractivity contribution is 5.82. The van der Waals surface area contributed by atoms with Crippen LogP contribution in [0.15, 0.2) is 12.1 Å². The molecule has 120 valence electrons. The highest BCUT2D eigenvalue weighted by atomic mass is 16.5. The van der Waals surface area contributed by atoms with E-state index >= 15 is 0 Å². The molecule has 0 aromatic heterocycles. The highest BCUT2D eigenvalue weighted by Gasteiger charge is 2.34. The number of aliphatic hydroxyl groups is 1. The molecule has 4 heteroatoms. The van der Waals surface area contributed by atoms with Crippen molar-refractivity contribution in [3.05, 3.63) is 28.8 Å². The fourth-order valence-electron chi connectivity index (χ4n) is 3.57. The maximum absolute atomic E-state index is 12.6. The second-order valence-corrected chi connectivity index (χ2v) is 6.83. The van der Waals surface area contributed by atoms with Crippen molar-refractivity contribution in [3.8, 4) is 5.75 Å². The summed E-state index contributed by atoms with van der Waals surface area (Å²) in [6.45, 7) is 4.76. The van der Waals surface area contributed by atoms with Gasteiger partial charge in [-0.05, 0) is 49.4 Å². The molecule has 22 heavy (non-hydrogen) atoms. The monoisotopic (exact) mass is 303 g/mol. The molecule has 1 heterocycles. The van der Waals surface area contributed by atoms with Crippen LogP contribution in [0.1, 0.15) is 36.0 Å². The first kappa shape index (κ1) is 15.3. The van der Waals surface area contributed by atoms with Crippen molar-refractivity contribution in [1.29, 1.82) is 0 Å². The summed E-state index contributed by atoms with van der Waals surface area (Å²) in [6, 6.07) is 4.15. The minimum Gasteiger partial charge on any atom is -0.480 e. The van der Waals surface area contributed by atoms with E-state index in [1.807, 2.05) is 13.1 Å². The number of hydrogen-bond acceptors (Lipinski definition) is 3. The number of rotatable bonds is 3. The molecule has 0 spiro atoms. The number of carbonyl (C=O) groups is 1. The molecule has 1 amide bonds. The lowest BCUT2D eigenvalue weighted by Gasteiger charge is -2.25. The van der Waals surface area contributed by atoms with Crippen LogP contribution in [0.3, 0.4) is 0 Å². The molecule has 1 N–H and O–H groups in total. The van der Waals surface area contributed by atoms with Gasteiger partial charge in [0.1, 0.15) is 5.75 Å². The van der Waals surface area contributed by atoms with Gasteiger partial charge in [-0.1, -0.05) is 12.5 Å². The number of ether oxygens (including phenoxy) is 1. The predicted molar refractivity (Wildman–Crippen MR) is 85.0 cm³/mol. The minimum absolute atomic E-state index is 0.0191. The molecule has 1 saturated carbocycles. The van der Waals surface area contributed by atoms with E-state index in [2.05, 4.69) is 19.9 Å². The van der Waals surface area contributed by atoms with E-state index in [-0.39, 0.29) is 17.9 Å². The number of nitrogens with zero attached hydrogens (tertiary/aromatic N) is 1. The van der Waals surface area contributed by atoms with Crippen LogP contribution in [0.5, 0.6) is 5.75 Å². The Hall–Kier alpha value is -1.55. The standard InChI is InChI=1S/C18H25NO3/c1-11-7-14-9-17(22-16(14)8-12(11)2)18(21)19(3)10-13-5-4-6-15(13)20/h7-8,13,15,17,20H,4-6,9-10H2,1-3H3. The Balaban J connectivity index is 1.64. The fraction of sp³-hybridized carbons (Fsp3) is 0.611. The number of hydrogen-bond donors (Lipinski definition) is 1. The molecular formula is C18H25NO3. The van der Waals surface area contributed by atoms with Crippen molar-refractivity contribution in [3.63, 3.8) is 0 Å². The van der Waals surface area contributed by atoms with Gasteiger partial charge in [-0.3, -0.25) is 4.79 Å². The van der Waals surface area contributed by atoms with Crippen molar-refractivity contribution in [2.45, 2.75) is 51.7 Å². The smallest absolute Gasteiger partial charge is 0.263 e. The van der Waals surface area contributed by atoms with Crippen molar-refractivity contribution in [2.75, 3.05) is 13.6 Å². The topological polar surface area (TPSA) is 49.8 Å². The maximum Gasteiger partial charge on any atom is 0.263 e. The van der Waals surface area contributed by atoms with Gasteiger partial charge in [0.15, 0.2) is 6.10 Å². The lowest BCUT2D eigenvalue weighted by Crippen LogP contribution is -2.42. The van der Waals surface area contributed by atoms with E-state index in [0.717, 1.165) is 30.6 Å². The van der Waals surface area contributed by atoms with Crippen LogP contribution in [-0.4, -0.2) is 41.7 Å². The van der Waals surface area contributed by atoms with E-state index in [1.54, 1.807) is 4.90 Å². The predicted octanol–water partition coefficient (Wildman–Crippen LogP) is 2.23. The number of carbonyl (C=O) groups excluding carboxylic acids is 1. The Morgan fingerprint density at radius 3 is 2.73 bits per heavy atom. The molecule has 0 bridgehead atoms. The summed E-state index contributed by atoms with van der Waals surface area (Å²) in [5.74, 6) is 1.07. The average Bonchev–Trinajstić information content (AvgIpc) is 3.05. The van der Waals surface area contributed by atoms with Crippen LogP contribution in [0.4, 0.5) is 0 Å². The number of likely N-dealkylation sites (N-methyl/N-ethyl adjacent to an activating group) is 1. The zero-order valence-corrected chi connectivity index (χ0v) is 13.6. The summed E-state index contributed by atoms with van der Waals surface area (Å²) in [6.07, 6.45) is 2.88. The Labute approximate surface area is 132 Å². The van der Waals surface area contributed by atoms with E-state index in [0.29, 0.717) is 13.0 Å². The summed E-state index contributed by atoms with van der Waals surface area (Å²) in [4.78, 5) is 14.3. The summed E-state index contributed by atoms with van der Waals surface area (Å²) < 4.78 is 5.86. The normalized spacial score (nSPS) is 26.6.